The van der Waals surface area contributed by atoms with Gasteiger partial charge in [0.25, 0.3) is 0 Å². The van der Waals surface area contributed by atoms with Gasteiger partial charge in [-0.25, -0.2) is 4.79 Å². The highest BCUT2D eigenvalue weighted by molar-refractivity contribution is 6.33. The summed E-state index contributed by atoms with van der Waals surface area (Å²) in [5.41, 5.74) is 3.94. The molecule has 3 aromatic rings. The Bertz CT molecular complexity index is 1070. The number of carbonyl (C=O) groups is 1. The summed E-state index contributed by atoms with van der Waals surface area (Å²) in [5, 5.41) is 19.6. The number of carboxylic acids is 1. The van der Waals surface area contributed by atoms with Crippen LogP contribution in [0.25, 0.3) is 5.69 Å². The van der Waals surface area contributed by atoms with Crippen LogP contribution in [0.3, 0.4) is 0 Å². The smallest absolute Gasteiger partial charge is 0.337 e. The van der Waals surface area contributed by atoms with E-state index in [-0.39, 0.29) is 16.3 Å². The molecule has 3 rings (SSSR count). The number of hydrogen-bond acceptors (Lipinski definition) is 3. The van der Waals surface area contributed by atoms with Crippen LogP contribution in [0.5, 0.6) is 5.75 Å². The molecule has 0 aliphatic carbocycles. The van der Waals surface area contributed by atoms with E-state index in [0.717, 1.165) is 22.6 Å². The molecule has 0 fully saturated rings. The summed E-state index contributed by atoms with van der Waals surface area (Å²) < 4.78 is 1.96. The van der Waals surface area contributed by atoms with E-state index in [2.05, 4.69) is 4.99 Å². The van der Waals surface area contributed by atoms with Crippen molar-refractivity contribution in [1.82, 2.24) is 4.57 Å². The van der Waals surface area contributed by atoms with Gasteiger partial charge in [-0.3, -0.25) is 4.99 Å². The van der Waals surface area contributed by atoms with Crippen LogP contribution in [-0.4, -0.2) is 27.0 Å². The number of carboxylic acid groups (broad SMARTS) is 1. The maximum absolute atomic E-state index is 11.1. The highest BCUT2D eigenvalue weighted by Gasteiger charge is 2.13. The third kappa shape index (κ3) is 3.84. The minimum Gasteiger partial charge on any atom is -0.506 e. The molecule has 1 aromatic heterocycles. The van der Waals surface area contributed by atoms with Crippen molar-refractivity contribution in [3.05, 3.63) is 75.0 Å². The van der Waals surface area contributed by atoms with E-state index in [0.29, 0.717) is 10.7 Å². The highest BCUT2D eigenvalue weighted by atomic mass is 35.5. The van der Waals surface area contributed by atoms with Crippen molar-refractivity contribution in [3.8, 4) is 11.4 Å². The molecule has 2 N–H and O–H groups in total. The lowest BCUT2D eigenvalue weighted by Gasteiger charge is -2.11. The fourth-order valence-corrected chi connectivity index (χ4v) is 3.30. The molecule has 0 amide bonds. The number of benzene rings is 2. The number of aliphatic imine (C=N–C) groups is 1. The quantitative estimate of drug-likeness (QED) is 0.561. The standard InChI is InChI=1S/C20H16Cl2N2O3/c1-11-7-13(10-23-18-6-3-14(21)8-19(18)25)12(2)24(11)15-4-5-16(20(26)27)17(22)9-15/h3-10,25H,1-2H3,(H,26,27). The van der Waals surface area contributed by atoms with Gasteiger partial charge >= 0.3 is 5.97 Å². The van der Waals surface area contributed by atoms with E-state index in [1.807, 2.05) is 24.5 Å². The molecule has 0 atom stereocenters. The number of aromatic carboxylic acids is 1. The molecular weight excluding hydrogens is 387 g/mol. The van der Waals surface area contributed by atoms with Crippen LogP contribution in [0.2, 0.25) is 10.0 Å². The highest BCUT2D eigenvalue weighted by Crippen LogP contribution is 2.30. The Labute approximate surface area is 166 Å². The second kappa shape index (κ2) is 7.47. The SMILES string of the molecule is Cc1cc(C=Nc2ccc(Cl)cc2O)c(C)n1-c1ccc(C(=O)O)c(Cl)c1. The Morgan fingerprint density at radius 3 is 2.48 bits per heavy atom. The van der Waals surface area contributed by atoms with Gasteiger partial charge in [-0.05, 0) is 50.2 Å². The third-order valence-electron chi connectivity index (χ3n) is 4.19. The first-order valence-electron chi connectivity index (χ1n) is 8.02. The van der Waals surface area contributed by atoms with E-state index in [1.165, 1.54) is 12.1 Å². The normalized spacial score (nSPS) is 11.3. The molecule has 0 unspecified atom stereocenters. The van der Waals surface area contributed by atoms with Crippen LogP contribution < -0.4 is 0 Å². The van der Waals surface area contributed by atoms with Crippen LogP contribution in [0.15, 0.2) is 47.5 Å². The minimum atomic E-state index is -1.07. The topological polar surface area (TPSA) is 74.8 Å². The lowest BCUT2D eigenvalue weighted by molar-refractivity contribution is 0.0697. The van der Waals surface area contributed by atoms with Crippen molar-refractivity contribution in [2.45, 2.75) is 13.8 Å². The molecule has 0 saturated heterocycles. The van der Waals surface area contributed by atoms with E-state index < -0.39 is 5.97 Å². The van der Waals surface area contributed by atoms with Gasteiger partial charge in [-0.2, -0.15) is 0 Å². The monoisotopic (exact) mass is 402 g/mol. The second-order valence-corrected chi connectivity index (χ2v) is 6.87. The first-order valence-corrected chi connectivity index (χ1v) is 8.78. The van der Waals surface area contributed by atoms with E-state index in [9.17, 15) is 9.90 Å². The summed E-state index contributed by atoms with van der Waals surface area (Å²) in [4.78, 5) is 15.5. The Balaban J connectivity index is 1.99. The van der Waals surface area contributed by atoms with Crippen molar-refractivity contribution in [2.24, 2.45) is 4.99 Å². The first-order chi connectivity index (χ1) is 12.8. The molecule has 0 spiro atoms. The summed E-state index contributed by atoms with van der Waals surface area (Å²) in [6.07, 6.45) is 1.66. The fraction of sp³-hybridized carbons (Fsp3) is 0.100. The zero-order valence-electron chi connectivity index (χ0n) is 14.6. The number of aromatic hydroxyl groups is 1. The fourth-order valence-electron chi connectivity index (χ4n) is 2.88. The van der Waals surface area contributed by atoms with Gasteiger partial charge in [-0.15, -0.1) is 0 Å². The summed E-state index contributed by atoms with van der Waals surface area (Å²) in [7, 11) is 0. The van der Waals surface area contributed by atoms with Gasteiger partial charge in [0.15, 0.2) is 0 Å². The number of hydrogen-bond donors (Lipinski definition) is 2. The predicted octanol–water partition coefficient (Wildman–Crippen LogP) is 5.56. The van der Waals surface area contributed by atoms with Crippen molar-refractivity contribution >= 4 is 41.1 Å². The minimum absolute atomic E-state index is 0.00333. The van der Waals surface area contributed by atoms with Gasteiger partial charge in [0.05, 0.1) is 10.6 Å². The molecule has 1 heterocycles. The van der Waals surface area contributed by atoms with Gasteiger partial charge < -0.3 is 14.8 Å². The average Bonchev–Trinajstić information content (AvgIpc) is 2.87. The first kappa shape index (κ1) is 19.0. The number of halogens is 2. The Hall–Kier alpha value is -2.76. The van der Waals surface area contributed by atoms with Gasteiger partial charge in [0.1, 0.15) is 11.4 Å². The van der Waals surface area contributed by atoms with Crippen LogP contribution >= 0.6 is 23.2 Å². The van der Waals surface area contributed by atoms with E-state index in [4.69, 9.17) is 28.3 Å². The molecular formula is C20H16Cl2N2O3. The Morgan fingerprint density at radius 1 is 1.11 bits per heavy atom. The molecule has 2 aromatic carbocycles. The van der Waals surface area contributed by atoms with Crippen molar-refractivity contribution < 1.29 is 15.0 Å². The van der Waals surface area contributed by atoms with Crippen molar-refractivity contribution in [1.29, 1.82) is 0 Å². The lowest BCUT2D eigenvalue weighted by Crippen LogP contribution is -2.02. The number of phenols is 1. The van der Waals surface area contributed by atoms with Crippen LogP contribution in [0.4, 0.5) is 5.69 Å². The average molecular weight is 403 g/mol. The van der Waals surface area contributed by atoms with Crippen LogP contribution in [0.1, 0.15) is 27.3 Å². The Morgan fingerprint density at radius 2 is 1.85 bits per heavy atom. The molecule has 0 radical (unpaired) electrons. The molecule has 27 heavy (non-hydrogen) atoms. The maximum atomic E-state index is 11.1. The van der Waals surface area contributed by atoms with Crippen LogP contribution in [0, 0.1) is 13.8 Å². The van der Waals surface area contributed by atoms with Crippen molar-refractivity contribution in [2.75, 3.05) is 0 Å². The Kier molecular flexibility index (Phi) is 5.26. The number of rotatable bonds is 4. The molecule has 0 saturated carbocycles. The molecule has 0 aliphatic rings. The van der Waals surface area contributed by atoms with Gasteiger partial charge in [-0.1, -0.05) is 23.2 Å². The van der Waals surface area contributed by atoms with Gasteiger partial charge in [0, 0.05) is 39.9 Å². The molecule has 0 aliphatic heterocycles. The number of aromatic nitrogens is 1. The maximum Gasteiger partial charge on any atom is 0.337 e. The number of phenolic OH excluding ortho intramolecular Hbond substituents is 1. The number of aryl methyl sites for hydroxylation is 1. The van der Waals surface area contributed by atoms with E-state index in [1.54, 1.807) is 30.5 Å². The lowest BCUT2D eigenvalue weighted by atomic mass is 10.2. The van der Waals surface area contributed by atoms with Gasteiger partial charge in [0.2, 0.25) is 0 Å². The predicted molar refractivity (Wildman–Crippen MR) is 108 cm³/mol. The summed E-state index contributed by atoms with van der Waals surface area (Å²) in [6, 6.07) is 11.5. The summed E-state index contributed by atoms with van der Waals surface area (Å²) in [5.74, 6) is -1.06. The zero-order chi connectivity index (χ0) is 19.7. The second-order valence-electron chi connectivity index (χ2n) is 6.02. The zero-order valence-corrected chi connectivity index (χ0v) is 16.1. The van der Waals surface area contributed by atoms with E-state index >= 15 is 0 Å². The molecule has 7 heteroatoms. The molecule has 5 nitrogen and oxygen atoms in total. The molecule has 138 valence electrons. The van der Waals surface area contributed by atoms with Crippen LogP contribution in [-0.2, 0) is 0 Å². The summed E-state index contributed by atoms with van der Waals surface area (Å²) in [6.45, 7) is 3.86. The molecule has 0 bridgehead atoms. The van der Waals surface area contributed by atoms with Crippen molar-refractivity contribution in [3.63, 3.8) is 0 Å². The largest absolute Gasteiger partial charge is 0.506 e. The number of nitrogens with zero attached hydrogens (tertiary/aromatic N) is 2. The summed E-state index contributed by atoms with van der Waals surface area (Å²) >= 11 is 11.9. The third-order valence-corrected chi connectivity index (χ3v) is 4.74.